The summed E-state index contributed by atoms with van der Waals surface area (Å²) in [6, 6.07) is 6.45. The highest BCUT2D eigenvalue weighted by Gasteiger charge is 2.25. The zero-order chi connectivity index (χ0) is 24.2. The van der Waals surface area contributed by atoms with Crippen molar-refractivity contribution in [1.29, 1.82) is 0 Å². The summed E-state index contributed by atoms with van der Waals surface area (Å²) in [5.74, 6) is 1.68. The SMILES string of the molecule is C[C@@H](C(=O)NC1COC1)c1cnc(NC[C@H]2CC[C@H](Nc3ccc4ccnc(Cl)c4n3)CC2)nc1. The van der Waals surface area contributed by atoms with Gasteiger partial charge in [0.05, 0.1) is 25.2 Å². The molecule has 0 aromatic carbocycles. The highest BCUT2D eigenvalue weighted by atomic mass is 35.5. The zero-order valence-electron chi connectivity index (χ0n) is 19.7. The van der Waals surface area contributed by atoms with Gasteiger partial charge in [-0.2, -0.15) is 0 Å². The Morgan fingerprint density at radius 3 is 2.57 bits per heavy atom. The van der Waals surface area contributed by atoms with E-state index in [9.17, 15) is 4.79 Å². The van der Waals surface area contributed by atoms with Crippen molar-refractivity contribution in [3.63, 3.8) is 0 Å². The first-order chi connectivity index (χ1) is 17.0. The van der Waals surface area contributed by atoms with E-state index < -0.39 is 0 Å². The van der Waals surface area contributed by atoms with Gasteiger partial charge in [0.2, 0.25) is 11.9 Å². The van der Waals surface area contributed by atoms with Crippen molar-refractivity contribution in [1.82, 2.24) is 25.3 Å². The van der Waals surface area contributed by atoms with E-state index in [4.69, 9.17) is 16.3 Å². The molecule has 1 saturated heterocycles. The number of fused-ring (bicyclic) bond motifs is 1. The largest absolute Gasteiger partial charge is 0.377 e. The number of amides is 1. The van der Waals surface area contributed by atoms with E-state index >= 15 is 0 Å². The summed E-state index contributed by atoms with van der Waals surface area (Å²) >= 11 is 6.20. The van der Waals surface area contributed by atoms with Gasteiger partial charge >= 0.3 is 0 Å². The number of carbonyl (C=O) groups is 1. The van der Waals surface area contributed by atoms with Crippen LogP contribution in [0.1, 0.15) is 44.1 Å². The van der Waals surface area contributed by atoms with Crippen LogP contribution in [0.4, 0.5) is 11.8 Å². The van der Waals surface area contributed by atoms with Crippen LogP contribution in [0.25, 0.3) is 10.9 Å². The Morgan fingerprint density at radius 1 is 1.09 bits per heavy atom. The van der Waals surface area contributed by atoms with Gasteiger partial charge in [-0.05, 0) is 56.7 Å². The molecule has 10 heteroatoms. The quantitative estimate of drug-likeness (QED) is 0.404. The predicted molar refractivity (Wildman–Crippen MR) is 136 cm³/mol. The van der Waals surface area contributed by atoms with E-state index in [1.807, 2.05) is 25.1 Å². The predicted octanol–water partition coefficient (Wildman–Crippen LogP) is 3.77. The number of hydrogen-bond donors (Lipinski definition) is 3. The third-order valence-electron chi connectivity index (χ3n) is 6.86. The van der Waals surface area contributed by atoms with Crippen LogP contribution >= 0.6 is 11.6 Å². The van der Waals surface area contributed by atoms with Gasteiger partial charge in [0.15, 0.2) is 5.15 Å². The molecule has 0 radical (unpaired) electrons. The highest BCUT2D eigenvalue weighted by molar-refractivity contribution is 6.33. The minimum absolute atomic E-state index is 0.0216. The molecule has 1 saturated carbocycles. The Morgan fingerprint density at radius 2 is 1.86 bits per heavy atom. The lowest BCUT2D eigenvalue weighted by molar-refractivity contribution is -0.126. The van der Waals surface area contributed by atoms with E-state index in [0.29, 0.717) is 36.3 Å². The third-order valence-corrected chi connectivity index (χ3v) is 7.14. The van der Waals surface area contributed by atoms with Crippen LogP contribution in [0.2, 0.25) is 5.15 Å². The second kappa shape index (κ2) is 10.7. The molecule has 2 aliphatic rings. The van der Waals surface area contributed by atoms with Gasteiger partial charge in [0.25, 0.3) is 0 Å². The van der Waals surface area contributed by atoms with E-state index in [2.05, 4.69) is 35.9 Å². The molecule has 1 aliphatic carbocycles. The van der Waals surface area contributed by atoms with Gasteiger partial charge in [-0.25, -0.2) is 19.9 Å². The van der Waals surface area contributed by atoms with Crippen LogP contribution in [-0.4, -0.2) is 57.7 Å². The molecule has 4 heterocycles. The number of hydrogen-bond acceptors (Lipinski definition) is 8. The number of halogens is 1. The maximum atomic E-state index is 12.3. The van der Waals surface area contributed by atoms with Crippen molar-refractivity contribution in [3.05, 3.63) is 47.5 Å². The van der Waals surface area contributed by atoms with Crippen LogP contribution in [0, 0.1) is 5.92 Å². The van der Waals surface area contributed by atoms with Crippen molar-refractivity contribution >= 4 is 40.2 Å². The Balaban J connectivity index is 1.06. The lowest BCUT2D eigenvalue weighted by Gasteiger charge is -2.29. The molecular weight excluding hydrogens is 466 g/mol. The molecule has 1 atom stereocenters. The lowest BCUT2D eigenvalue weighted by atomic mass is 9.86. The Labute approximate surface area is 209 Å². The number of carbonyl (C=O) groups excluding carboxylic acids is 1. The molecule has 184 valence electrons. The number of pyridine rings is 2. The molecule has 2 fully saturated rings. The number of aromatic nitrogens is 4. The fourth-order valence-electron chi connectivity index (χ4n) is 4.50. The minimum atomic E-state index is -0.295. The van der Waals surface area contributed by atoms with Crippen LogP contribution in [0.5, 0.6) is 0 Å². The molecule has 0 spiro atoms. The van der Waals surface area contributed by atoms with Crippen LogP contribution in [0.3, 0.4) is 0 Å². The molecule has 0 unspecified atom stereocenters. The molecule has 0 bridgehead atoms. The van der Waals surface area contributed by atoms with Gasteiger partial charge < -0.3 is 20.7 Å². The van der Waals surface area contributed by atoms with Crippen LogP contribution in [-0.2, 0) is 9.53 Å². The van der Waals surface area contributed by atoms with Gasteiger partial charge in [-0.1, -0.05) is 11.6 Å². The molecular formula is C25H30ClN7O2. The van der Waals surface area contributed by atoms with Crippen LogP contribution in [0.15, 0.2) is 36.8 Å². The summed E-state index contributed by atoms with van der Waals surface area (Å²) in [5, 5.41) is 11.3. The number of anilines is 2. The third kappa shape index (κ3) is 5.79. The molecule has 3 aromatic rings. The van der Waals surface area contributed by atoms with Crippen molar-refractivity contribution in [3.8, 4) is 0 Å². The maximum absolute atomic E-state index is 12.3. The van der Waals surface area contributed by atoms with Gasteiger partial charge in [-0.3, -0.25) is 4.79 Å². The summed E-state index contributed by atoms with van der Waals surface area (Å²) in [7, 11) is 0. The van der Waals surface area contributed by atoms with E-state index in [0.717, 1.165) is 54.5 Å². The van der Waals surface area contributed by atoms with E-state index in [-0.39, 0.29) is 17.9 Å². The van der Waals surface area contributed by atoms with Gasteiger partial charge in [0.1, 0.15) is 11.3 Å². The average molecular weight is 496 g/mol. The van der Waals surface area contributed by atoms with E-state index in [1.165, 1.54) is 0 Å². The zero-order valence-corrected chi connectivity index (χ0v) is 20.5. The summed E-state index contributed by atoms with van der Waals surface area (Å²) < 4.78 is 5.10. The number of nitrogens with zero attached hydrogens (tertiary/aromatic N) is 4. The topological polar surface area (TPSA) is 114 Å². The average Bonchev–Trinajstić information content (AvgIpc) is 2.86. The maximum Gasteiger partial charge on any atom is 0.227 e. The fraction of sp³-hybridized carbons (Fsp3) is 0.480. The molecule has 35 heavy (non-hydrogen) atoms. The number of rotatable bonds is 8. The number of nitrogens with one attached hydrogen (secondary N) is 3. The summed E-state index contributed by atoms with van der Waals surface area (Å²) in [5.41, 5.74) is 1.53. The summed E-state index contributed by atoms with van der Waals surface area (Å²) in [6.07, 6.45) is 9.53. The van der Waals surface area contributed by atoms with Crippen molar-refractivity contribution in [2.24, 2.45) is 5.92 Å². The molecule has 9 nitrogen and oxygen atoms in total. The van der Waals surface area contributed by atoms with Gasteiger partial charge in [0, 0.05) is 42.1 Å². The summed E-state index contributed by atoms with van der Waals surface area (Å²) in [4.78, 5) is 29.9. The first-order valence-electron chi connectivity index (χ1n) is 12.2. The van der Waals surface area contributed by atoms with Crippen molar-refractivity contribution in [2.45, 2.75) is 50.6 Å². The Bertz CT molecular complexity index is 1160. The molecule has 5 rings (SSSR count). The Hall–Kier alpha value is -3.04. The smallest absolute Gasteiger partial charge is 0.227 e. The molecule has 3 N–H and O–H groups in total. The second-order valence-electron chi connectivity index (χ2n) is 9.42. The molecule has 1 amide bonds. The first kappa shape index (κ1) is 23.7. The monoisotopic (exact) mass is 495 g/mol. The summed E-state index contributed by atoms with van der Waals surface area (Å²) in [6.45, 7) is 3.87. The fourth-order valence-corrected chi connectivity index (χ4v) is 4.71. The Kier molecular flexibility index (Phi) is 7.24. The second-order valence-corrected chi connectivity index (χ2v) is 9.78. The van der Waals surface area contributed by atoms with Crippen molar-refractivity contribution < 1.29 is 9.53 Å². The van der Waals surface area contributed by atoms with E-state index in [1.54, 1.807) is 18.6 Å². The standard InChI is InChI=1S/C25H30ClN7O2/c1-15(24(34)32-20-13-35-14-20)18-11-29-25(30-12-18)28-10-16-2-5-19(6-3-16)31-21-7-4-17-8-9-27-23(26)22(17)33-21/h4,7-9,11-12,15-16,19-20H,2-3,5-6,10,13-14H2,1H3,(H,31,33)(H,32,34)(H,28,29,30)/t15-,16-,19-/m1/s1. The first-order valence-corrected chi connectivity index (χ1v) is 12.5. The number of ether oxygens (including phenoxy) is 1. The normalized spacial score (nSPS) is 21.2. The highest BCUT2D eigenvalue weighted by Crippen LogP contribution is 2.28. The minimum Gasteiger partial charge on any atom is -0.377 e. The molecule has 1 aliphatic heterocycles. The molecule has 3 aromatic heterocycles. The van der Waals surface area contributed by atoms with Crippen molar-refractivity contribution in [2.75, 3.05) is 30.4 Å². The lowest BCUT2D eigenvalue weighted by Crippen LogP contribution is -2.49. The van der Waals surface area contributed by atoms with Crippen LogP contribution < -0.4 is 16.0 Å². The van der Waals surface area contributed by atoms with Gasteiger partial charge in [-0.15, -0.1) is 0 Å².